The summed E-state index contributed by atoms with van der Waals surface area (Å²) < 4.78 is 11.0. The first kappa shape index (κ1) is 24.4. The highest BCUT2D eigenvalue weighted by atomic mass is 32.1. The van der Waals surface area contributed by atoms with Crippen LogP contribution in [0.5, 0.6) is 11.5 Å². The van der Waals surface area contributed by atoms with Crippen LogP contribution >= 0.6 is 11.3 Å². The van der Waals surface area contributed by atoms with Gasteiger partial charge in [0.15, 0.2) is 11.5 Å². The zero-order chi connectivity index (χ0) is 26.1. The molecule has 0 bridgehead atoms. The van der Waals surface area contributed by atoms with Crippen molar-refractivity contribution in [2.24, 2.45) is 0 Å². The summed E-state index contributed by atoms with van der Waals surface area (Å²) >= 11 is 1.64. The van der Waals surface area contributed by atoms with Crippen LogP contribution in [0.15, 0.2) is 60.0 Å². The molecule has 2 aliphatic rings. The van der Waals surface area contributed by atoms with E-state index in [-0.39, 0.29) is 18.6 Å². The maximum absolute atomic E-state index is 13.9. The van der Waals surface area contributed by atoms with Crippen molar-refractivity contribution in [3.8, 4) is 22.1 Å². The molecule has 7 nitrogen and oxygen atoms in total. The zero-order valence-electron chi connectivity index (χ0n) is 21.3. The molecule has 0 radical (unpaired) electrons. The molecule has 4 aromatic rings. The van der Waals surface area contributed by atoms with Gasteiger partial charge in [-0.25, -0.2) is 4.98 Å². The second-order valence-electron chi connectivity index (χ2n) is 9.80. The van der Waals surface area contributed by atoms with Crippen molar-refractivity contribution in [2.75, 3.05) is 26.4 Å². The molecular weight excluding hydrogens is 498 g/mol. The first-order valence-corrected chi connectivity index (χ1v) is 13.8. The first-order chi connectivity index (χ1) is 18.5. The number of nitrogens with zero attached hydrogens (tertiary/aromatic N) is 3. The Morgan fingerprint density at radius 1 is 1.11 bits per heavy atom. The molecule has 0 atom stereocenters. The molecule has 2 amide bonds. The van der Waals surface area contributed by atoms with E-state index in [1.807, 2.05) is 27.3 Å². The van der Waals surface area contributed by atoms with Crippen LogP contribution in [0.3, 0.4) is 0 Å². The number of aryl methyl sites for hydroxylation is 1. The molecule has 2 aliphatic heterocycles. The number of benzene rings is 2. The highest BCUT2D eigenvalue weighted by Crippen LogP contribution is 2.34. The molecule has 4 heterocycles. The Morgan fingerprint density at radius 3 is 2.82 bits per heavy atom. The molecule has 0 aliphatic carbocycles. The van der Waals surface area contributed by atoms with Gasteiger partial charge in [0.05, 0.1) is 16.1 Å². The fraction of sp³-hybridized carbons (Fsp3) is 0.300. The number of thiophene rings is 1. The summed E-state index contributed by atoms with van der Waals surface area (Å²) in [6, 6.07) is 17.8. The van der Waals surface area contributed by atoms with Crippen LogP contribution in [0.2, 0.25) is 0 Å². The minimum absolute atomic E-state index is 0.0856. The van der Waals surface area contributed by atoms with Crippen LogP contribution in [0.25, 0.3) is 21.5 Å². The zero-order valence-corrected chi connectivity index (χ0v) is 22.1. The molecule has 1 fully saturated rings. The summed E-state index contributed by atoms with van der Waals surface area (Å²) in [4.78, 5) is 35.9. The third kappa shape index (κ3) is 4.96. The predicted molar refractivity (Wildman–Crippen MR) is 148 cm³/mol. The number of rotatable bonds is 8. The van der Waals surface area contributed by atoms with Crippen molar-refractivity contribution in [3.63, 3.8) is 0 Å². The lowest BCUT2D eigenvalue weighted by atomic mass is 10.0. The molecule has 0 saturated carbocycles. The molecule has 1 saturated heterocycles. The van der Waals surface area contributed by atoms with E-state index in [4.69, 9.17) is 14.5 Å². The van der Waals surface area contributed by atoms with E-state index in [2.05, 4.69) is 31.2 Å². The summed E-state index contributed by atoms with van der Waals surface area (Å²) in [5.74, 6) is 1.35. The van der Waals surface area contributed by atoms with Crippen LogP contribution < -0.4 is 9.47 Å². The number of ether oxygens (including phenoxy) is 2. The Morgan fingerprint density at radius 2 is 2.00 bits per heavy atom. The first-order valence-electron chi connectivity index (χ1n) is 13.0. The van der Waals surface area contributed by atoms with E-state index in [1.165, 1.54) is 0 Å². The van der Waals surface area contributed by atoms with Crippen molar-refractivity contribution in [2.45, 2.75) is 32.7 Å². The van der Waals surface area contributed by atoms with Crippen LogP contribution in [0.4, 0.5) is 0 Å². The van der Waals surface area contributed by atoms with Gasteiger partial charge in [-0.05, 0) is 73.2 Å². The molecule has 194 valence electrons. The van der Waals surface area contributed by atoms with Gasteiger partial charge in [0.1, 0.15) is 0 Å². The number of amides is 2. The third-order valence-corrected chi connectivity index (χ3v) is 7.98. The van der Waals surface area contributed by atoms with Crippen molar-refractivity contribution < 1.29 is 19.1 Å². The maximum Gasteiger partial charge on any atom is 0.254 e. The highest BCUT2D eigenvalue weighted by Gasteiger charge is 2.24. The SMILES string of the molecule is Cc1ccc2nc(-c3cccs3)c(CN(CCCN3CCCC3=O)C(=O)c3ccc4c(c3)OCO4)cc2c1. The normalized spacial score (nSPS) is 14.4. The number of carbonyl (C=O) groups is 2. The molecule has 8 heteroatoms. The number of hydrogen-bond donors (Lipinski definition) is 0. The summed E-state index contributed by atoms with van der Waals surface area (Å²) in [6.45, 7) is 4.61. The molecule has 0 unspecified atom stereocenters. The Hall–Kier alpha value is -3.91. The number of hydrogen-bond acceptors (Lipinski definition) is 6. The van der Waals surface area contributed by atoms with Gasteiger partial charge in [-0.15, -0.1) is 11.3 Å². The second kappa shape index (κ2) is 10.5. The van der Waals surface area contributed by atoms with Crippen molar-refractivity contribution in [1.82, 2.24) is 14.8 Å². The Bertz CT molecular complexity index is 1500. The van der Waals surface area contributed by atoms with Gasteiger partial charge in [-0.3, -0.25) is 9.59 Å². The van der Waals surface area contributed by atoms with Gasteiger partial charge in [-0.1, -0.05) is 17.7 Å². The summed E-state index contributed by atoms with van der Waals surface area (Å²) in [5, 5.41) is 3.10. The quantitative estimate of drug-likeness (QED) is 0.296. The number of pyridine rings is 1. The van der Waals surface area contributed by atoms with E-state index in [9.17, 15) is 9.59 Å². The standard InChI is InChI=1S/C30H29N3O4S/c1-20-7-9-24-22(15-20)16-23(29(31-24)27-5-3-14-38-27)18-33(13-4-12-32-11-2-6-28(32)34)30(35)21-8-10-25-26(17-21)37-19-36-25/h3,5,7-10,14-17H,2,4,6,11-13,18-19H2,1H3. The number of aromatic nitrogens is 1. The van der Waals surface area contributed by atoms with Gasteiger partial charge < -0.3 is 19.3 Å². The van der Waals surface area contributed by atoms with E-state index in [0.29, 0.717) is 49.5 Å². The lowest BCUT2D eigenvalue weighted by molar-refractivity contribution is -0.127. The monoisotopic (exact) mass is 527 g/mol. The number of carbonyl (C=O) groups excluding carboxylic acids is 2. The Kier molecular flexibility index (Phi) is 6.72. The molecule has 2 aromatic heterocycles. The van der Waals surface area contributed by atoms with Gasteiger partial charge in [0, 0.05) is 43.5 Å². The molecule has 38 heavy (non-hydrogen) atoms. The van der Waals surface area contributed by atoms with E-state index in [1.54, 1.807) is 29.5 Å². The summed E-state index contributed by atoms with van der Waals surface area (Å²) in [7, 11) is 0. The maximum atomic E-state index is 13.9. The van der Waals surface area contributed by atoms with E-state index < -0.39 is 0 Å². The van der Waals surface area contributed by atoms with Crippen molar-refractivity contribution in [3.05, 3.63) is 76.7 Å². The molecule has 2 aromatic carbocycles. The van der Waals surface area contributed by atoms with Gasteiger partial charge >= 0.3 is 0 Å². The van der Waals surface area contributed by atoms with Gasteiger partial charge in [0.25, 0.3) is 5.91 Å². The predicted octanol–water partition coefficient (Wildman–Crippen LogP) is 5.66. The Balaban J connectivity index is 1.34. The van der Waals surface area contributed by atoms with E-state index in [0.717, 1.165) is 45.6 Å². The average Bonchev–Trinajstić information content (AvgIpc) is 3.69. The van der Waals surface area contributed by atoms with Crippen LogP contribution in [-0.2, 0) is 11.3 Å². The molecule has 6 rings (SSSR count). The molecular formula is C30H29N3O4S. The Labute approximate surface area is 225 Å². The topological polar surface area (TPSA) is 72.0 Å². The summed E-state index contributed by atoms with van der Waals surface area (Å²) in [5.41, 5.74) is 4.54. The van der Waals surface area contributed by atoms with Gasteiger partial charge in [-0.2, -0.15) is 0 Å². The third-order valence-electron chi connectivity index (χ3n) is 7.10. The lowest BCUT2D eigenvalue weighted by Crippen LogP contribution is -2.34. The second-order valence-corrected chi connectivity index (χ2v) is 10.7. The van der Waals surface area contributed by atoms with E-state index >= 15 is 0 Å². The minimum Gasteiger partial charge on any atom is -0.454 e. The fourth-order valence-electron chi connectivity index (χ4n) is 5.15. The van der Waals surface area contributed by atoms with Gasteiger partial charge in [0.2, 0.25) is 12.7 Å². The average molecular weight is 528 g/mol. The van der Waals surface area contributed by atoms with Crippen LogP contribution in [0, 0.1) is 6.92 Å². The molecule has 0 N–H and O–H groups in total. The minimum atomic E-state index is -0.0856. The molecule has 0 spiro atoms. The largest absolute Gasteiger partial charge is 0.454 e. The van der Waals surface area contributed by atoms with Crippen molar-refractivity contribution >= 4 is 34.1 Å². The lowest BCUT2D eigenvalue weighted by Gasteiger charge is -2.25. The smallest absolute Gasteiger partial charge is 0.254 e. The summed E-state index contributed by atoms with van der Waals surface area (Å²) in [6.07, 6.45) is 2.23. The number of fused-ring (bicyclic) bond motifs is 2. The number of likely N-dealkylation sites (tertiary alicyclic amines) is 1. The van der Waals surface area contributed by atoms with Crippen LogP contribution in [-0.4, -0.2) is 53.0 Å². The fourth-order valence-corrected chi connectivity index (χ4v) is 5.90. The van der Waals surface area contributed by atoms with Crippen molar-refractivity contribution in [1.29, 1.82) is 0 Å². The van der Waals surface area contributed by atoms with Crippen LogP contribution in [0.1, 0.15) is 40.7 Å². The highest BCUT2D eigenvalue weighted by molar-refractivity contribution is 7.13.